The molecule has 1 atom stereocenters. The van der Waals surface area contributed by atoms with Gasteiger partial charge in [0, 0.05) is 11.8 Å². The first-order valence-electron chi connectivity index (χ1n) is 8.27. The molecular weight excluding hydrogens is 320 g/mol. The molecule has 0 spiro atoms. The average molecular weight is 343 g/mol. The second kappa shape index (κ2) is 6.23. The number of rotatable bonds is 3. The lowest BCUT2D eigenvalue weighted by Gasteiger charge is -2.19. The summed E-state index contributed by atoms with van der Waals surface area (Å²) in [5.41, 5.74) is 4.78. The van der Waals surface area contributed by atoms with E-state index in [2.05, 4.69) is 45.0 Å². The number of pyridine rings is 1. The quantitative estimate of drug-likeness (QED) is 0.692. The van der Waals surface area contributed by atoms with Crippen molar-refractivity contribution in [1.82, 2.24) is 9.38 Å². The van der Waals surface area contributed by atoms with Crippen LogP contribution in [0.1, 0.15) is 51.5 Å². The standard InChI is InChI=1S/C20H23ClN2O/c1-5-16(24)19-18(22-17-11-10-15(21)12-23(17)19)13-6-8-14(9-7-13)20(2,3)4/h6-12,16,24H,5H2,1-4H3. The van der Waals surface area contributed by atoms with Crippen molar-refractivity contribution in [3.63, 3.8) is 0 Å². The van der Waals surface area contributed by atoms with Crippen LogP contribution < -0.4 is 0 Å². The lowest BCUT2D eigenvalue weighted by molar-refractivity contribution is 0.168. The van der Waals surface area contributed by atoms with Crippen molar-refractivity contribution in [3.05, 3.63) is 58.9 Å². The van der Waals surface area contributed by atoms with Crippen LogP contribution in [0.25, 0.3) is 16.9 Å². The van der Waals surface area contributed by atoms with E-state index in [9.17, 15) is 5.11 Å². The first kappa shape index (κ1) is 17.0. The molecule has 1 unspecified atom stereocenters. The summed E-state index contributed by atoms with van der Waals surface area (Å²) in [5.74, 6) is 0. The van der Waals surface area contributed by atoms with Gasteiger partial charge in [-0.2, -0.15) is 0 Å². The molecule has 0 aliphatic carbocycles. The van der Waals surface area contributed by atoms with E-state index in [1.165, 1.54) is 5.56 Å². The Kier molecular flexibility index (Phi) is 4.41. The summed E-state index contributed by atoms with van der Waals surface area (Å²) in [5, 5.41) is 11.2. The molecular formula is C20H23ClN2O. The second-order valence-electron chi connectivity index (χ2n) is 7.17. The molecule has 2 aromatic heterocycles. The van der Waals surface area contributed by atoms with Gasteiger partial charge in [-0.25, -0.2) is 4.98 Å². The maximum atomic E-state index is 10.5. The minimum absolute atomic E-state index is 0.108. The number of hydrogen-bond acceptors (Lipinski definition) is 2. The van der Waals surface area contributed by atoms with Gasteiger partial charge in [-0.05, 0) is 29.5 Å². The predicted octanol–water partition coefficient (Wildman–Crippen LogP) is 5.40. The SMILES string of the molecule is CCC(O)c1c(-c2ccc(C(C)(C)C)cc2)nc2ccc(Cl)cn12. The fourth-order valence-electron chi connectivity index (χ4n) is 2.89. The van der Waals surface area contributed by atoms with Gasteiger partial charge < -0.3 is 5.11 Å². The van der Waals surface area contributed by atoms with Crippen LogP contribution in [0.5, 0.6) is 0 Å². The minimum atomic E-state index is -0.587. The molecule has 0 amide bonds. The van der Waals surface area contributed by atoms with Crippen LogP contribution in [-0.4, -0.2) is 14.5 Å². The fourth-order valence-corrected chi connectivity index (χ4v) is 3.05. The van der Waals surface area contributed by atoms with E-state index in [4.69, 9.17) is 16.6 Å². The highest BCUT2D eigenvalue weighted by molar-refractivity contribution is 6.30. The van der Waals surface area contributed by atoms with Crippen molar-refractivity contribution >= 4 is 17.2 Å². The maximum absolute atomic E-state index is 10.5. The molecule has 0 radical (unpaired) electrons. The highest BCUT2D eigenvalue weighted by Crippen LogP contribution is 2.32. The number of hydrogen-bond donors (Lipinski definition) is 1. The zero-order valence-electron chi connectivity index (χ0n) is 14.5. The average Bonchev–Trinajstić information content (AvgIpc) is 2.92. The van der Waals surface area contributed by atoms with Crippen molar-refractivity contribution in [1.29, 1.82) is 0 Å². The largest absolute Gasteiger partial charge is 0.387 e. The van der Waals surface area contributed by atoms with E-state index in [1.807, 2.05) is 29.7 Å². The first-order chi connectivity index (χ1) is 11.3. The molecule has 126 valence electrons. The molecule has 1 aromatic carbocycles. The van der Waals surface area contributed by atoms with Crippen molar-refractivity contribution in [3.8, 4) is 11.3 Å². The van der Waals surface area contributed by atoms with E-state index < -0.39 is 6.10 Å². The Morgan fingerprint density at radius 2 is 1.79 bits per heavy atom. The predicted molar refractivity (Wildman–Crippen MR) is 99.6 cm³/mol. The van der Waals surface area contributed by atoms with Gasteiger partial charge in [-0.3, -0.25) is 4.40 Å². The van der Waals surface area contributed by atoms with Crippen molar-refractivity contribution in [2.45, 2.75) is 45.6 Å². The van der Waals surface area contributed by atoms with E-state index in [1.54, 1.807) is 0 Å². The number of aliphatic hydroxyl groups excluding tert-OH is 1. The van der Waals surface area contributed by atoms with Crippen LogP contribution in [0.15, 0.2) is 42.6 Å². The number of imidazole rings is 1. The van der Waals surface area contributed by atoms with Crippen LogP contribution in [0.2, 0.25) is 5.02 Å². The minimum Gasteiger partial charge on any atom is -0.387 e. The maximum Gasteiger partial charge on any atom is 0.137 e. The summed E-state index contributed by atoms with van der Waals surface area (Å²) in [4.78, 5) is 4.73. The Labute approximate surface area is 147 Å². The van der Waals surface area contributed by atoms with Crippen LogP contribution in [0.3, 0.4) is 0 Å². The molecule has 0 aliphatic rings. The number of fused-ring (bicyclic) bond motifs is 1. The van der Waals surface area contributed by atoms with Crippen LogP contribution in [0.4, 0.5) is 0 Å². The molecule has 0 fully saturated rings. The zero-order valence-corrected chi connectivity index (χ0v) is 15.3. The number of nitrogens with zero attached hydrogens (tertiary/aromatic N) is 2. The Morgan fingerprint density at radius 1 is 1.12 bits per heavy atom. The number of halogens is 1. The smallest absolute Gasteiger partial charge is 0.137 e. The summed E-state index contributed by atoms with van der Waals surface area (Å²) >= 11 is 6.13. The van der Waals surface area contributed by atoms with Crippen molar-refractivity contribution in [2.75, 3.05) is 0 Å². The number of aromatic nitrogens is 2. The van der Waals surface area contributed by atoms with Crippen molar-refractivity contribution < 1.29 is 5.11 Å². The van der Waals surface area contributed by atoms with Gasteiger partial charge in [0.2, 0.25) is 0 Å². The van der Waals surface area contributed by atoms with E-state index in [0.29, 0.717) is 11.4 Å². The Hall–Kier alpha value is -1.84. The normalized spacial score (nSPS) is 13.4. The number of aliphatic hydroxyl groups is 1. The van der Waals surface area contributed by atoms with Crippen molar-refractivity contribution in [2.24, 2.45) is 0 Å². The third-order valence-corrected chi connectivity index (χ3v) is 4.57. The summed E-state index contributed by atoms with van der Waals surface area (Å²) in [7, 11) is 0. The third-order valence-electron chi connectivity index (χ3n) is 4.35. The first-order valence-corrected chi connectivity index (χ1v) is 8.65. The second-order valence-corrected chi connectivity index (χ2v) is 7.61. The molecule has 3 aromatic rings. The molecule has 0 saturated carbocycles. The lowest BCUT2D eigenvalue weighted by Crippen LogP contribution is -2.10. The summed E-state index contributed by atoms with van der Waals surface area (Å²) in [6.07, 6.45) is 1.84. The van der Waals surface area contributed by atoms with Crippen LogP contribution >= 0.6 is 11.6 Å². The summed E-state index contributed by atoms with van der Waals surface area (Å²) < 4.78 is 1.89. The molecule has 24 heavy (non-hydrogen) atoms. The van der Waals surface area contributed by atoms with Gasteiger partial charge >= 0.3 is 0 Å². The summed E-state index contributed by atoms with van der Waals surface area (Å²) in [6.45, 7) is 8.55. The van der Waals surface area contributed by atoms with Gasteiger partial charge in [-0.15, -0.1) is 0 Å². The molecule has 1 N–H and O–H groups in total. The third kappa shape index (κ3) is 3.06. The van der Waals surface area contributed by atoms with E-state index in [0.717, 1.165) is 22.6 Å². The molecule has 0 bridgehead atoms. The Morgan fingerprint density at radius 3 is 2.38 bits per heavy atom. The molecule has 2 heterocycles. The molecule has 3 nitrogen and oxygen atoms in total. The molecule has 3 rings (SSSR count). The Bertz CT molecular complexity index is 860. The molecule has 0 saturated heterocycles. The lowest BCUT2D eigenvalue weighted by atomic mass is 9.86. The van der Waals surface area contributed by atoms with Gasteiger partial charge in [0.15, 0.2) is 0 Å². The van der Waals surface area contributed by atoms with E-state index in [-0.39, 0.29) is 5.41 Å². The molecule has 0 aliphatic heterocycles. The van der Waals surface area contributed by atoms with E-state index >= 15 is 0 Å². The summed E-state index contributed by atoms with van der Waals surface area (Å²) in [6, 6.07) is 12.1. The zero-order chi connectivity index (χ0) is 17.5. The van der Waals surface area contributed by atoms with Gasteiger partial charge in [0.1, 0.15) is 5.65 Å². The fraction of sp³-hybridized carbons (Fsp3) is 0.350. The molecule has 4 heteroatoms. The topological polar surface area (TPSA) is 37.5 Å². The highest BCUT2D eigenvalue weighted by Gasteiger charge is 2.21. The monoisotopic (exact) mass is 342 g/mol. The van der Waals surface area contributed by atoms with Crippen LogP contribution in [-0.2, 0) is 5.41 Å². The van der Waals surface area contributed by atoms with Gasteiger partial charge in [-0.1, -0.05) is 63.6 Å². The van der Waals surface area contributed by atoms with Gasteiger partial charge in [0.25, 0.3) is 0 Å². The van der Waals surface area contributed by atoms with Gasteiger partial charge in [0.05, 0.1) is 22.5 Å². The van der Waals surface area contributed by atoms with Crippen LogP contribution in [0, 0.1) is 0 Å². The Balaban J connectivity index is 2.18. The highest BCUT2D eigenvalue weighted by atomic mass is 35.5. The number of benzene rings is 1.